The van der Waals surface area contributed by atoms with Crippen LogP contribution in [0.5, 0.6) is 0 Å². The van der Waals surface area contributed by atoms with E-state index in [0.29, 0.717) is 18.7 Å². The molecule has 1 saturated heterocycles. The third-order valence-corrected chi connectivity index (χ3v) is 3.84. The van der Waals surface area contributed by atoms with Crippen LogP contribution in [0.15, 0.2) is 18.3 Å². The molecule has 21 heavy (non-hydrogen) atoms. The molecule has 3 N–H and O–H groups in total. The molecule has 0 bridgehead atoms. The molecule has 2 heterocycles. The Kier molecular flexibility index (Phi) is 3.25. The van der Waals surface area contributed by atoms with E-state index in [2.05, 4.69) is 15.5 Å². The largest absolute Gasteiger partial charge is 0.481 e. The Hall–Kier alpha value is -2.57. The number of carboxylic acid groups (broad SMARTS) is 1. The van der Waals surface area contributed by atoms with E-state index < -0.39 is 11.9 Å². The lowest BCUT2D eigenvalue weighted by molar-refractivity contribution is -0.141. The van der Waals surface area contributed by atoms with Gasteiger partial charge in [0.25, 0.3) is 0 Å². The predicted molar refractivity (Wildman–Crippen MR) is 77.2 cm³/mol. The van der Waals surface area contributed by atoms with Crippen LogP contribution in [0.1, 0.15) is 12.0 Å². The molecule has 1 fully saturated rings. The van der Waals surface area contributed by atoms with Gasteiger partial charge in [-0.2, -0.15) is 5.10 Å². The number of aromatic nitrogens is 2. The molecule has 1 aliphatic rings. The maximum Gasteiger partial charge on any atom is 0.321 e. The van der Waals surface area contributed by atoms with Crippen molar-refractivity contribution in [3.8, 4) is 0 Å². The molecule has 7 nitrogen and oxygen atoms in total. The number of nitrogens with zero attached hydrogens (tertiary/aromatic N) is 2. The van der Waals surface area contributed by atoms with Gasteiger partial charge in [-0.05, 0) is 31.0 Å². The minimum atomic E-state index is -0.847. The van der Waals surface area contributed by atoms with Gasteiger partial charge >= 0.3 is 12.0 Å². The molecule has 110 valence electrons. The fourth-order valence-electron chi connectivity index (χ4n) is 2.65. The lowest BCUT2D eigenvalue weighted by Gasteiger charge is -2.17. The number of benzene rings is 1. The maximum atomic E-state index is 12.2. The number of anilines is 1. The predicted octanol–water partition coefficient (Wildman–Crippen LogP) is 1.81. The number of aliphatic carboxylic acids is 1. The molecule has 0 radical (unpaired) electrons. The molecule has 1 aromatic carbocycles. The van der Waals surface area contributed by atoms with Crippen LogP contribution in [0, 0.1) is 12.8 Å². The Morgan fingerprint density at radius 2 is 2.29 bits per heavy atom. The normalized spacial score (nSPS) is 18.1. The molecule has 2 amide bonds. The van der Waals surface area contributed by atoms with Crippen molar-refractivity contribution in [2.75, 3.05) is 18.4 Å². The number of carbonyl (C=O) groups is 2. The quantitative estimate of drug-likeness (QED) is 0.784. The number of fused-ring (bicyclic) bond motifs is 1. The van der Waals surface area contributed by atoms with E-state index >= 15 is 0 Å². The van der Waals surface area contributed by atoms with Gasteiger partial charge in [-0.15, -0.1) is 0 Å². The average Bonchev–Trinajstić information content (AvgIpc) is 3.07. The standard InChI is InChI=1S/C14H16N4O3/c1-8-4-10(5-12-11(8)6-15-17-12)16-14(21)18-3-2-9(7-18)13(19)20/h4-6,9H,2-3,7H2,1H3,(H,15,17)(H,16,21)(H,19,20). The first-order valence-electron chi connectivity index (χ1n) is 6.77. The highest BCUT2D eigenvalue weighted by molar-refractivity contribution is 5.94. The van der Waals surface area contributed by atoms with Gasteiger partial charge in [-0.3, -0.25) is 9.89 Å². The van der Waals surface area contributed by atoms with E-state index in [-0.39, 0.29) is 12.6 Å². The summed E-state index contributed by atoms with van der Waals surface area (Å²) in [5.74, 6) is -1.31. The Balaban J connectivity index is 1.73. The molecule has 7 heteroatoms. The number of urea groups is 1. The fourth-order valence-corrected chi connectivity index (χ4v) is 2.65. The van der Waals surface area contributed by atoms with Crippen molar-refractivity contribution >= 4 is 28.6 Å². The Bertz CT molecular complexity index is 709. The summed E-state index contributed by atoms with van der Waals surface area (Å²) in [7, 11) is 0. The number of amides is 2. The van der Waals surface area contributed by atoms with Crippen molar-refractivity contribution in [1.82, 2.24) is 15.1 Å². The van der Waals surface area contributed by atoms with Crippen LogP contribution in [0.3, 0.4) is 0 Å². The zero-order chi connectivity index (χ0) is 15.0. The second kappa shape index (κ2) is 5.08. The number of carbonyl (C=O) groups excluding carboxylic acids is 1. The zero-order valence-electron chi connectivity index (χ0n) is 11.6. The third kappa shape index (κ3) is 2.54. The molecule has 1 aromatic heterocycles. The molecule has 1 atom stereocenters. The monoisotopic (exact) mass is 288 g/mol. The molecule has 3 rings (SSSR count). The number of H-pyrrole nitrogens is 1. The molecule has 0 aliphatic carbocycles. The summed E-state index contributed by atoms with van der Waals surface area (Å²) in [6.07, 6.45) is 2.25. The van der Waals surface area contributed by atoms with Crippen LogP contribution in [0.4, 0.5) is 10.5 Å². The second-order valence-corrected chi connectivity index (χ2v) is 5.32. The molecule has 2 aromatic rings. The van der Waals surface area contributed by atoms with E-state index in [1.807, 2.05) is 19.1 Å². The SMILES string of the molecule is Cc1cc(NC(=O)N2CCC(C(=O)O)C2)cc2[nH]ncc12. The minimum absolute atomic E-state index is 0.256. The fraction of sp³-hybridized carbons (Fsp3) is 0.357. The van der Waals surface area contributed by atoms with Crippen molar-refractivity contribution < 1.29 is 14.7 Å². The van der Waals surface area contributed by atoms with E-state index in [0.717, 1.165) is 16.5 Å². The number of aryl methyl sites for hydroxylation is 1. The van der Waals surface area contributed by atoms with Crippen LogP contribution in [-0.2, 0) is 4.79 Å². The van der Waals surface area contributed by atoms with Gasteiger partial charge in [0.15, 0.2) is 0 Å². The van der Waals surface area contributed by atoms with Crippen LogP contribution in [0.25, 0.3) is 10.9 Å². The van der Waals surface area contributed by atoms with Gasteiger partial charge < -0.3 is 15.3 Å². The summed E-state index contributed by atoms with van der Waals surface area (Å²) in [6.45, 7) is 2.67. The first-order valence-corrected chi connectivity index (χ1v) is 6.77. The molecule has 1 unspecified atom stereocenters. The zero-order valence-corrected chi connectivity index (χ0v) is 11.6. The van der Waals surface area contributed by atoms with E-state index in [9.17, 15) is 9.59 Å². The Morgan fingerprint density at radius 1 is 1.48 bits per heavy atom. The van der Waals surface area contributed by atoms with Crippen molar-refractivity contribution in [3.05, 3.63) is 23.9 Å². The lowest BCUT2D eigenvalue weighted by atomic mass is 10.1. The average molecular weight is 288 g/mol. The van der Waals surface area contributed by atoms with Crippen molar-refractivity contribution in [2.24, 2.45) is 5.92 Å². The number of hydrogen-bond donors (Lipinski definition) is 3. The summed E-state index contributed by atoms with van der Waals surface area (Å²) < 4.78 is 0. The summed E-state index contributed by atoms with van der Waals surface area (Å²) in [6, 6.07) is 3.43. The number of carboxylic acids is 1. The van der Waals surface area contributed by atoms with Gasteiger partial charge in [0.1, 0.15) is 0 Å². The lowest BCUT2D eigenvalue weighted by Crippen LogP contribution is -2.33. The highest BCUT2D eigenvalue weighted by Crippen LogP contribution is 2.23. The van der Waals surface area contributed by atoms with E-state index in [1.54, 1.807) is 6.20 Å². The second-order valence-electron chi connectivity index (χ2n) is 5.32. The number of rotatable bonds is 2. The highest BCUT2D eigenvalue weighted by atomic mass is 16.4. The van der Waals surface area contributed by atoms with Gasteiger partial charge in [0.2, 0.25) is 0 Å². The molecular weight excluding hydrogens is 272 g/mol. The van der Waals surface area contributed by atoms with Crippen molar-refractivity contribution in [2.45, 2.75) is 13.3 Å². The van der Waals surface area contributed by atoms with Crippen LogP contribution in [0.2, 0.25) is 0 Å². The number of nitrogens with one attached hydrogen (secondary N) is 2. The molecular formula is C14H16N4O3. The van der Waals surface area contributed by atoms with Crippen molar-refractivity contribution in [3.63, 3.8) is 0 Å². The van der Waals surface area contributed by atoms with Gasteiger partial charge in [0.05, 0.1) is 17.6 Å². The first-order chi connectivity index (χ1) is 10.0. The summed E-state index contributed by atoms with van der Waals surface area (Å²) in [4.78, 5) is 24.6. The summed E-state index contributed by atoms with van der Waals surface area (Å²) >= 11 is 0. The minimum Gasteiger partial charge on any atom is -0.481 e. The molecule has 0 saturated carbocycles. The van der Waals surface area contributed by atoms with Gasteiger partial charge in [0, 0.05) is 24.2 Å². The Labute approximate surface area is 120 Å². The smallest absolute Gasteiger partial charge is 0.321 e. The van der Waals surface area contributed by atoms with Gasteiger partial charge in [-0.1, -0.05) is 0 Å². The van der Waals surface area contributed by atoms with Crippen LogP contribution >= 0.6 is 0 Å². The van der Waals surface area contributed by atoms with E-state index in [1.165, 1.54) is 4.90 Å². The first kappa shape index (κ1) is 13.4. The Morgan fingerprint density at radius 3 is 3.00 bits per heavy atom. The summed E-state index contributed by atoms with van der Waals surface area (Å²) in [5, 5.41) is 19.6. The number of likely N-dealkylation sites (tertiary alicyclic amines) is 1. The third-order valence-electron chi connectivity index (χ3n) is 3.84. The van der Waals surface area contributed by atoms with E-state index in [4.69, 9.17) is 5.11 Å². The number of hydrogen-bond acceptors (Lipinski definition) is 3. The molecule has 1 aliphatic heterocycles. The maximum absolute atomic E-state index is 12.2. The number of aromatic amines is 1. The van der Waals surface area contributed by atoms with Crippen molar-refractivity contribution in [1.29, 1.82) is 0 Å². The summed E-state index contributed by atoms with van der Waals surface area (Å²) in [5.41, 5.74) is 2.55. The van der Waals surface area contributed by atoms with Crippen LogP contribution in [-0.4, -0.2) is 45.3 Å². The highest BCUT2D eigenvalue weighted by Gasteiger charge is 2.30. The molecule has 0 spiro atoms. The topological polar surface area (TPSA) is 98.3 Å². The van der Waals surface area contributed by atoms with Crippen LogP contribution < -0.4 is 5.32 Å². The van der Waals surface area contributed by atoms with Gasteiger partial charge in [-0.25, -0.2) is 4.79 Å².